The summed E-state index contributed by atoms with van der Waals surface area (Å²) in [6.45, 7) is 2.39. The van der Waals surface area contributed by atoms with Crippen molar-refractivity contribution in [3.8, 4) is 5.75 Å². The Balaban J connectivity index is 2.45. The predicted molar refractivity (Wildman–Crippen MR) is 95.2 cm³/mol. The quantitative estimate of drug-likeness (QED) is 0.480. The third-order valence-electron chi connectivity index (χ3n) is 3.87. The lowest BCUT2D eigenvalue weighted by molar-refractivity contribution is 0.0595. The van der Waals surface area contributed by atoms with Gasteiger partial charge in [0.15, 0.2) is 0 Å². The smallest absolute Gasteiger partial charge is 0.341 e. The molecule has 0 aromatic heterocycles. The Hall–Kier alpha value is -2.73. The van der Waals surface area contributed by atoms with Gasteiger partial charge in [0.2, 0.25) is 0 Å². The Bertz CT molecular complexity index is 717. The van der Waals surface area contributed by atoms with Crippen LogP contribution in [0.15, 0.2) is 36.4 Å². The molecular formula is C18H23N3O3. The molecule has 0 amide bonds. The number of rotatable bonds is 6. The number of ether oxygens (including phenoxy) is 2. The van der Waals surface area contributed by atoms with Crippen LogP contribution in [-0.2, 0) is 11.3 Å². The summed E-state index contributed by atoms with van der Waals surface area (Å²) in [7, 11) is 3.25. The van der Waals surface area contributed by atoms with Gasteiger partial charge in [-0.1, -0.05) is 30.3 Å². The summed E-state index contributed by atoms with van der Waals surface area (Å²) in [5.74, 6) is -0.133. The minimum atomic E-state index is -0.500. The molecule has 2 rings (SSSR count). The molecule has 6 heteroatoms. The summed E-state index contributed by atoms with van der Waals surface area (Å²) in [5.41, 5.74) is 15.1. The van der Waals surface area contributed by atoms with E-state index >= 15 is 0 Å². The second-order valence-electron chi connectivity index (χ2n) is 5.45. The van der Waals surface area contributed by atoms with E-state index < -0.39 is 5.97 Å². The first-order valence-electron chi connectivity index (χ1n) is 7.58. The lowest BCUT2D eigenvalue weighted by atomic mass is 10.0. The van der Waals surface area contributed by atoms with Crippen LogP contribution < -0.4 is 21.1 Å². The van der Waals surface area contributed by atoms with Gasteiger partial charge in [0.05, 0.1) is 18.5 Å². The topological polar surface area (TPSA) is 90.8 Å². The first kappa shape index (κ1) is 17.6. The van der Waals surface area contributed by atoms with Gasteiger partial charge in [-0.2, -0.15) is 0 Å². The van der Waals surface area contributed by atoms with Crippen LogP contribution in [0.5, 0.6) is 5.75 Å². The summed E-state index contributed by atoms with van der Waals surface area (Å²) in [6.07, 6.45) is 0. The fraction of sp³-hybridized carbons (Fsp3) is 0.278. The van der Waals surface area contributed by atoms with Crippen LogP contribution in [0.2, 0.25) is 0 Å². The van der Waals surface area contributed by atoms with Crippen molar-refractivity contribution in [2.75, 3.05) is 31.5 Å². The van der Waals surface area contributed by atoms with Gasteiger partial charge in [0, 0.05) is 19.7 Å². The maximum atomic E-state index is 12.0. The third kappa shape index (κ3) is 3.60. The van der Waals surface area contributed by atoms with Crippen LogP contribution in [0.3, 0.4) is 0 Å². The van der Waals surface area contributed by atoms with Crippen LogP contribution in [0.25, 0.3) is 0 Å². The van der Waals surface area contributed by atoms with Gasteiger partial charge < -0.3 is 20.1 Å². The molecule has 4 N–H and O–H groups in total. The number of hydrogen-bond donors (Lipinski definition) is 2. The van der Waals surface area contributed by atoms with E-state index in [1.165, 1.54) is 7.11 Å². The standard InChI is InChI=1S/C18H23N3O3/c1-12-16(18(22)23-3)15(24-11-19)9-14(17(12)20)21(2)10-13-7-5-4-6-8-13/h4-9H,10-11,19-20H2,1-3H3. The number of methoxy groups -OCH3 is 1. The summed E-state index contributed by atoms with van der Waals surface area (Å²) in [4.78, 5) is 14.0. The lowest BCUT2D eigenvalue weighted by Crippen LogP contribution is -2.20. The molecule has 0 aliphatic heterocycles. The highest BCUT2D eigenvalue weighted by Gasteiger charge is 2.22. The van der Waals surface area contributed by atoms with Crippen LogP contribution in [0.4, 0.5) is 11.4 Å². The third-order valence-corrected chi connectivity index (χ3v) is 3.87. The molecule has 0 radical (unpaired) electrons. The monoisotopic (exact) mass is 329 g/mol. The zero-order valence-electron chi connectivity index (χ0n) is 14.2. The van der Waals surface area contributed by atoms with Crippen molar-refractivity contribution in [3.63, 3.8) is 0 Å². The van der Waals surface area contributed by atoms with Gasteiger partial charge in [-0.15, -0.1) is 0 Å². The molecule has 0 fully saturated rings. The summed E-state index contributed by atoms with van der Waals surface area (Å²) >= 11 is 0. The lowest BCUT2D eigenvalue weighted by Gasteiger charge is -2.24. The van der Waals surface area contributed by atoms with Crippen molar-refractivity contribution in [2.45, 2.75) is 13.5 Å². The zero-order chi connectivity index (χ0) is 17.7. The number of benzene rings is 2. The second kappa shape index (κ2) is 7.70. The molecule has 0 saturated carbocycles. The second-order valence-corrected chi connectivity index (χ2v) is 5.45. The number of carbonyl (C=O) groups is 1. The van der Waals surface area contributed by atoms with Crippen LogP contribution in [-0.4, -0.2) is 26.9 Å². The van der Waals surface area contributed by atoms with E-state index in [0.717, 1.165) is 11.3 Å². The Kier molecular flexibility index (Phi) is 5.65. The minimum Gasteiger partial charge on any atom is -0.478 e. The number of carbonyl (C=O) groups excluding carboxylic acids is 1. The molecule has 2 aromatic carbocycles. The van der Waals surface area contributed by atoms with E-state index in [0.29, 0.717) is 29.1 Å². The van der Waals surface area contributed by atoms with E-state index in [9.17, 15) is 4.79 Å². The molecular weight excluding hydrogens is 306 g/mol. The molecule has 0 aliphatic carbocycles. The highest BCUT2D eigenvalue weighted by atomic mass is 16.5. The number of nitrogens with two attached hydrogens (primary N) is 2. The maximum Gasteiger partial charge on any atom is 0.341 e. The molecule has 0 aliphatic rings. The van der Waals surface area contributed by atoms with Crippen molar-refractivity contribution in [3.05, 3.63) is 53.1 Å². The first-order valence-corrected chi connectivity index (χ1v) is 7.58. The van der Waals surface area contributed by atoms with E-state index in [2.05, 4.69) is 0 Å². The van der Waals surface area contributed by atoms with Crippen LogP contribution in [0.1, 0.15) is 21.5 Å². The highest BCUT2D eigenvalue weighted by Crippen LogP contribution is 2.36. The van der Waals surface area contributed by atoms with Gasteiger partial charge >= 0.3 is 5.97 Å². The van der Waals surface area contributed by atoms with Gasteiger partial charge in [0.1, 0.15) is 18.0 Å². The fourth-order valence-electron chi connectivity index (χ4n) is 2.60. The maximum absolute atomic E-state index is 12.0. The van der Waals surface area contributed by atoms with Crippen LogP contribution >= 0.6 is 0 Å². The molecule has 24 heavy (non-hydrogen) atoms. The fourth-order valence-corrected chi connectivity index (χ4v) is 2.60. The Morgan fingerprint density at radius 1 is 1.25 bits per heavy atom. The molecule has 0 heterocycles. The molecule has 0 atom stereocenters. The first-order chi connectivity index (χ1) is 11.5. The predicted octanol–water partition coefficient (Wildman–Crippen LogP) is 2.30. The summed E-state index contributed by atoms with van der Waals surface area (Å²) in [5, 5.41) is 0. The SMILES string of the molecule is COC(=O)c1c(OCN)cc(N(C)Cc2ccccc2)c(N)c1C. The summed E-state index contributed by atoms with van der Waals surface area (Å²) in [6, 6.07) is 11.8. The number of nitrogen functional groups attached to an aromatic ring is 1. The van der Waals surface area contributed by atoms with E-state index in [-0.39, 0.29) is 6.73 Å². The van der Waals surface area contributed by atoms with E-state index in [1.54, 1.807) is 13.0 Å². The minimum absolute atomic E-state index is 0.0464. The van der Waals surface area contributed by atoms with Gasteiger partial charge in [-0.3, -0.25) is 5.73 Å². The van der Waals surface area contributed by atoms with Crippen molar-refractivity contribution in [1.82, 2.24) is 0 Å². The molecule has 0 bridgehead atoms. The normalized spacial score (nSPS) is 10.3. The van der Waals surface area contributed by atoms with Crippen molar-refractivity contribution < 1.29 is 14.3 Å². The molecule has 0 unspecified atom stereocenters. The van der Waals surface area contributed by atoms with Crippen molar-refractivity contribution in [1.29, 1.82) is 0 Å². The number of anilines is 2. The molecule has 6 nitrogen and oxygen atoms in total. The van der Waals surface area contributed by atoms with E-state index in [4.69, 9.17) is 20.9 Å². The largest absolute Gasteiger partial charge is 0.478 e. The molecule has 2 aromatic rings. The van der Waals surface area contributed by atoms with Gasteiger partial charge in [-0.25, -0.2) is 4.79 Å². The van der Waals surface area contributed by atoms with Gasteiger partial charge in [-0.05, 0) is 18.1 Å². The highest BCUT2D eigenvalue weighted by molar-refractivity contribution is 5.98. The Morgan fingerprint density at radius 2 is 1.92 bits per heavy atom. The molecule has 128 valence electrons. The Labute approximate surface area is 142 Å². The number of hydrogen-bond acceptors (Lipinski definition) is 6. The van der Waals surface area contributed by atoms with Crippen molar-refractivity contribution in [2.24, 2.45) is 5.73 Å². The molecule has 0 saturated heterocycles. The number of esters is 1. The summed E-state index contributed by atoms with van der Waals surface area (Å²) < 4.78 is 10.3. The van der Waals surface area contributed by atoms with E-state index in [1.807, 2.05) is 42.3 Å². The zero-order valence-corrected chi connectivity index (χ0v) is 14.2. The number of nitrogens with zero attached hydrogens (tertiary/aromatic N) is 1. The average Bonchev–Trinajstić information content (AvgIpc) is 2.58. The Morgan fingerprint density at radius 3 is 2.50 bits per heavy atom. The van der Waals surface area contributed by atoms with Gasteiger partial charge in [0.25, 0.3) is 0 Å². The molecule has 0 spiro atoms. The van der Waals surface area contributed by atoms with Crippen molar-refractivity contribution >= 4 is 17.3 Å². The average molecular weight is 329 g/mol. The van der Waals surface area contributed by atoms with Crippen LogP contribution in [0, 0.1) is 6.92 Å².